The van der Waals surface area contributed by atoms with Gasteiger partial charge in [-0.1, -0.05) is 11.6 Å². The molecule has 3 fully saturated rings. The van der Waals surface area contributed by atoms with E-state index in [1.54, 1.807) is 0 Å². The SMILES string of the molecule is Cl.Cl.Clc1cc2cc(N3CC4(CNC4)C3)ccc2nc1N1CCNCC1. The first-order valence-corrected chi connectivity index (χ1v) is 9.12. The molecule has 8 heteroatoms. The van der Waals surface area contributed by atoms with Crippen LogP contribution in [-0.4, -0.2) is 57.3 Å². The molecule has 0 saturated carbocycles. The molecule has 4 heterocycles. The van der Waals surface area contributed by atoms with E-state index in [0.717, 1.165) is 61.0 Å². The highest BCUT2D eigenvalue weighted by Gasteiger charge is 2.47. The van der Waals surface area contributed by atoms with E-state index in [-0.39, 0.29) is 24.8 Å². The molecule has 142 valence electrons. The monoisotopic (exact) mass is 415 g/mol. The van der Waals surface area contributed by atoms with Gasteiger partial charge in [-0.3, -0.25) is 0 Å². The zero-order valence-electron chi connectivity index (χ0n) is 14.5. The topological polar surface area (TPSA) is 43.4 Å². The smallest absolute Gasteiger partial charge is 0.148 e. The molecule has 2 N–H and O–H groups in total. The van der Waals surface area contributed by atoms with Gasteiger partial charge in [0.2, 0.25) is 0 Å². The van der Waals surface area contributed by atoms with Crippen molar-refractivity contribution in [2.45, 2.75) is 0 Å². The summed E-state index contributed by atoms with van der Waals surface area (Å²) in [5, 5.41) is 8.64. The summed E-state index contributed by atoms with van der Waals surface area (Å²) < 4.78 is 0. The number of hydrogen-bond acceptors (Lipinski definition) is 5. The first-order valence-electron chi connectivity index (χ1n) is 8.74. The van der Waals surface area contributed by atoms with E-state index in [9.17, 15) is 0 Å². The van der Waals surface area contributed by atoms with Crippen molar-refractivity contribution >= 4 is 58.8 Å². The molecule has 26 heavy (non-hydrogen) atoms. The first-order chi connectivity index (χ1) is 11.7. The maximum atomic E-state index is 6.55. The van der Waals surface area contributed by atoms with Gasteiger partial charge in [-0.2, -0.15) is 0 Å². The van der Waals surface area contributed by atoms with Gasteiger partial charge in [-0.05, 0) is 24.3 Å². The molecule has 1 aromatic carbocycles. The zero-order valence-corrected chi connectivity index (χ0v) is 16.9. The van der Waals surface area contributed by atoms with Gasteiger partial charge >= 0.3 is 0 Å². The molecule has 5 nitrogen and oxygen atoms in total. The quantitative estimate of drug-likeness (QED) is 0.788. The molecule has 3 saturated heterocycles. The Morgan fingerprint density at radius 1 is 0.962 bits per heavy atom. The van der Waals surface area contributed by atoms with E-state index in [1.807, 2.05) is 0 Å². The lowest BCUT2D eigenvalue weighted by Gasteiger charge is -2.57. The van der Waals surface area contributed by atoms with Crippen molar-refractivity contribution in [3.63, 3.8) is 0 Å². The minimum absolute atomic E-state index is 0. The summed E-state index contributed by atoms with van der Waals surface area (Å²) in [5.74, 6) is 0.918. The van der Waals surface area contributed by atoms with Gasteiger partial charge in [-0.15, -0.1) is 24.8 Å². The number of benzene rings is 1. The molecule has 0 unspecified atom stereocenters. The lowest BCUT2D eigenvalue weighted by molar-refractivity contribution is 0.121. The summed E-state index contributed by atoms with van der Waals surface area (Å²) in [7, 11) is 0. The second kappa shape index (κ2) is 7.56. The number of nitrogens with zero attached hydrogens (tertiary/aromatic N) is 3. The highest BCUT2D eigenvalue weighted by molar-refractivity contribution is 6.33. The highest BCUT2D eigenvalue weighted by Crippen LogP contribution is 2.38. The lowest BCUT2D eigenvalue weighted by atomic mass is 9.74. The largest absolute Gasteiger partial charge is 0.370 e. The fourth-order valence-corrected chi connectivity index (χ4v) is 4.35. The predicted octanol–water partition coefficient (Wildman–Crippen LogP) is 2.55. The molecule has 1 spiro atoms. The number of piperazine rings is 1. The van der Waals surface area contributed by atoms with Crippen LogP contribution in [0.4, 0.5) is 11.5 Å². The number of pyridine rings is 1. The Morgan fingerprint density at radius 2 is 1.69 bits per heavy atom. The standard InChI is InChI=1S/C18H22ClN5.2ClH/c19-15-8-13-7-14(24-11-18(12-24)9-21-10-18)1-2-16(13)22-17(15)23-5-3-20-4-6-23;;/h1-2,7-8,20-21H,3-6,9-12H2;2*1H. The minimum Gasteiger partial charge on any atom is -0.370 e. The van der Waals surface area contributed by atoms with Crippen molar-refractivity contribution in [3.8, 4) is 0 Å². The van der Waals surface area contributed by atoms with Crippen LogP contribution in [0.2, 0.25) is 5.02 Å². The van der Waals surface area contributed by atoms with Crippen molar-refractivity contribution < 1.29 is 0 Å². The summed E-state index contributed by atoms with van der Waals surface area (Å²) in [6.45, 7) is 8.54. The third-order valence-corrected chi connectivity index (χ3v) is 5.85. The summed E-state index contributed by atoms with van der Waals surface area (Å²) >= 11 is 6.55. The van der Waals surface area contributed by atoms with Gasteiger partial charge in [0.15, 0.2) is 0 Å². The van der Waals surface area contributed by atoms with Gasteiger partial charge in [0.05, 0.1) is 10.5 Å². The fourth-order valence-electron chi connectivity index (χ4n) is 4.07. The molecule has 3 aliphatic rings. The molecule has 1 aromatic heterocycles. The summed E-state index contributed by atoms with van der Waals surface area (Å²) in [5.41, 5.74) is 2.85. The third-order valence-electron chi connectivity index (χ3n) is 5.57. The number of fused-ring (bicyclic) bond motifs is 1. The van der Waals surface area contributed by atoms with Gasteiger partial charge in [0.1, 0.15) is 5.82 Å². The second-order valence-corrected chi connectivity index (χ2v) is 7.77. The summed E-state index contributed by atoms with van der Waals surface area (Å²) in [6, 6.07) is 8.64. The van der Waals surface area contributed by atoms with Gasteiger partial charge in [-0.25, -0.2) is 4.98 Å². The Kier molecular flexibility index (Phi) is 5.75. The van der Waals surface area contributed by atoms with Crippen molar-refractivity contribution in [3.05, 3.63) is 29.3 Å². The highest BCUT2D eigenvalue weighted by atomic mass is 35.5. The van der Waals surface area contributed by atoms with Crippen molar-refractivity contribution in [1.82, 2.24) is 15.6 Å². The van der Waals surface area contributed by atoms with E-state index >= 15 is 0 Å². The fraction of sp³-hybridized carbons (Fsp3) is 0.500. The van der Waals surface area contributed by atoms with Crippen LogP contribution < -0.4 is 20.4 Å². The Balaban J connectivity index is 0.000000980. The van der Waals surface area contributed by atoms with E-state index in [2.05, 4.69) is 44.7 Å². The summed E-state index contributed by atoms with van der Waals surface area (Å²) in [6.07, 6.45) is 0. The molecule has 0 atom stereocenters. The maximum Gasteiger partial charge on any atom is 0.148 e. The van der Waals surface area contributed by atoms with Crippen molar-refractivity contribution in [2.24, 2.45) is 5.41 Å². The Hall–Kier alpha value is -0.980. The molecular formula is C18H24Cl3N5. The van der Waals surface area contributed by atoms with E-state index in [4.69, 9.17) is 16.6 Å². The second-order valence-electron chi connectivity index (χ2n) is 7.37. The maximum absolute atomic E-state index is 6.55. The summed E-state index contributed by atoms with van der Waals surface area (Å²) in [4.78, 5) is 9.57. The molecule has 0 amide bonds. The van der Waals surface area contributed by atoms with Crippen LogP contribution >= 0.6 is 36.4 Å². The van der Waals surface area contributed by atoms with Crippen molar-refractivity contribution in [2.75, 3.05) is 62.2 Å². The number of rotatable bonds is 2. The molecule has 2 aromatic rings. The molecule has 3 aliphatic heterocycles. The number of nitrogens with one attached hydrogen (secondary N) is 2. The minimum atomic E-state index is 0. The molecule has 5 rings (SSSR count). The Labute approximate surface area is 171 Å². The van der Waals surface area contributed by atoms with Gasteiger partial charge in [0.25, 0.3) is 0 Å². The average molecular weight is 417 g/mol. The lowest BCUT2D eigenvalue weighted by Crippen LogP contribution is -2.71. The van der Waals surface area contributed by atoms with E-state index < -0.39 is 0 Å². The number of anilines is 2. The van der Waals surface area contributed by atoms with Gasteiger partial charge < -0.3 is 20.4 Å². The number of aromatic nitrogens is 1. The number of hydrogen-bond donors (Lipinski definition) is 2. The van der Waals surface area contributed by atoms with Crippen LogP contribution in [0.5, 0.6) is 0 Å². The van der Waals surface area contributed by atoms with Crippen LogP contribution in [0.3, 0.4) is 0 Å². The van der Waals surface area contributed by atoms with Crippen LogP contribution in [0, 0.1) is 5.41 Å². The molecular weight excluding hydrogens is 393 g/mol. The first kappa shape index (κ1) is 19.8. The van der Waals surface area contributed by atoms with Crippen LogP contribution in [0.1, 0.15) is 0 Å². The van der Waals surface area contributed by atoms with Crippen LogP contribution in [-0.2, 0) is 0 Å². The average Bonchev–Trinajstić information content (AvgIpc) is 2.52. The van der Waals surface area contributed by atoms with Crippen LogP contribution in [0.25, 0.3) is 10.9 Å². The Bertz CT molecular complexity index is 782. The molecule has 0 aliphatic carbocycles. The zero-order chi connectivity index (χ0) is 16.1. The third kappa shape index (κ3) is 3.32. The normalized spacial score (nSPS) is 20.8. The van der Waals surface area contributed by atoms with E-state index in [0.29, 0.717) is 5.41 Å². The van der Waals surface area contributed by atoms with Gasteiger partial charge in [0, 0.05) is 68.8 Å². The Morgan fingerprint density at radius 3 is 2.35 bits per heavy atom. The number of halogens is 3. The van der Waals surface area contributed by atoms with E-state index in [1.165, 1.54) is 18.8 Å². The molecule has 0 radical (unpaired) electrons. The van der Waals surface area contributed by atoms with Crippen molar-refractivity contribution in [1.29, 1.82) is 0 Å². The van der Waals surface area contributed by atoms with Crippen LogP contribution in [0.15, 0.2) is 24.3 Å². The molecule has 0 bridgehead atoms. The predicted molar refractivity (Wildman–Crippen MR) is 114 cm³/mol.